The number of halogens is 4. The predicted octanol–water partition coefficient (Wildman–Crippen LogP) is 4.59. The van der Waals surface area contributed by atoms with E-state index in [-0.39, 0.29) is 22.5 Å². The quantitative estimate of drug-likeness (QED) is 0.612. The lowest BCUT2D eigenvalue weighted by Gasteiger charge is -2.11. The summed E-state index contributed by atoms with van der Waals surface area (Å²) in [5.74, 6) is -1.35. The largest absolute Gasteiger partial charge is 0.573 e. The second-order valence-electron chi connectivity index (χ2n) is 4.33. The average Bonchev–Trinajstić information content (AvgIpc) is 2.37. The van der Waals surface area contributed by atoms with E-state index >= 15 is 0 Å². The molecule has 0 saturated heterocycles. The molecule has 2 rings (SSSR count). The van der Waals surface area contributed by atoms with Crippen molar-refractivity contribution in [3.63, 3.8) is 0 Å². The van der Waals surface area contributed by atoms with Gasteiger partial charge in [0, 0.05) is 11.1 Å². The Morgan fingerprint density at radius 2 is 1.81 bits per heavy atom. The molecule has 21 heavy (non-hydrogen) atoms. The van der Waals surface area contributed by atoms with Crippen LogP contribution in [0.25, 0.3) is 11.1 Å². The van der Waals surface area contributed by atoms with Crippen LogP contribution >= 0.6 is 0 Å². The highest BCUT2D eigenvalue weighted by Crippen LogP contribution is 2.30. The molecule has 0 aliphatic heterocycles. The number of rotatable bonds is 3. The molecule has 0 aliphatic rings. The van der Waals surface area contributed by atoms with Crippen molar-refractivity contribution in [3.8, 4) is 16.9 Å². The maximum absolute atomic E-state index is 13.8. The topological polar surface area (TPSA) is 26.3 Å². The van der Waals surface area contributed by atoms with E-state index in [1.165, 1.54) is 31.2 Å². The lowest BCUT2D eigenvalue weighted by molar-refractivity contribution is -0.274. The molecule has 0 atom stereocenters. The van der Waals surface area contributed by atoms with Gasteiger partial charge < -0.3 is 4.74 Å². The van der Waals surface area contributed by atoms with Gasteiger partial charge in [0.05, 0.1) is 0 Å². The Hall–Kier alpha value is -2.37. The van der Waals surface area contributed by atoms with Crippen LogP contribution < -0.4 is 4.74 Å². The molecular formula is C15H10F4O2. The monoisotopic (exact) mass is 298 g/mol. The molecule has 0 unspecified atom stereocenters. The zero-order chi connectivity index (χ0) is 15.6. The first-order valence-corrected chi connectivity index (χ1v) is 5.93. The molecule has 0 spiro atoms. The highest BCUT2D eigenvalue weighted by Gasteiger charge is 2.31. The number of benzene rings is 2. The fraction of sp³-hybridized carbons (Fsp3) is 0.133. The van der Waals surface area contributed by atoms with Crippen LogP contribution in [0.1, 0.15) is 17.3 Å². The number of hydrogen-bond donors (Lipinski definition) is 0. The number of Topliss-reactive ketones (excluding diaryl/α,β-unsaturated/α-hetero) is 1. The Bertz CT molecular complexity index is 678. The second kappa shape index (κ2) is 5.55. The van der Waals surface area contributed by atoms with Crippen LogP contribution in [-0.4, -0.2) is 12.1 Å². The van der Waals surface area contributed by atoms with Crippen molar-refractivity contribution in [2.75, 3.05) is 0 Å². The van der Waals surface area contributed by atoms with Crippen molar-refractivity contribution in [1.82, 2.24) is 0 Å². The summed E-state index contributed by atoms with van der Waals surface area (Å²) in [5.41, 5.74) is 0.501. The summed E-state index contributed by atoms with van der Waals surface area (Å²) in [6.07, 6.45) is -4.82. The van der Waals surface area contributed by atoms with Crippen molar-refractivity contribution >= 4 is 5.78 Å². The van der Waals surface area contributed by atoms with Gasteiger partial charge in [-0.2, -0.15) is 0 Å². The zero-order valence-corrected chi connectivity index (χ0v) is 10.9. The fourth-order valence-electron chi connectivity index (χ4n) is 1.83. The van der Waals surface area contributed by atoms with Gasteiger partial charge in [-0.25, -0.2) is 4.39 Å². The van der Waals surface area contributed by atoms with Gasteiger partial charge in [0.1, 0.15) is 11.6 Å². The molecule has 2 nitrogen and oxygen atoms in total. The summed E-state index contributed by atoms with van der Waals surface area (Å²) in [6, 6.07) is 8.65. The summed E-state index contributed by atoms with van der Waals surface area (Å²) < 4.78 is 54.2. The van der Waals surface area contributed by atoms with Crippen LogP contribution in [0.4, 0.5) is 17.6 Å². The van der Waals surface area contributed by atoms with E-state index in [9.17, 15) is 22.4 Å². The minimum atomic E-state index is -4.82. The van der Waals surface area contributed by atoms with Crippen molar-refractivity contribution in [2.45, 2.75) is 13.3 Å². The average molecular weight is 298 g/mol. The third-order valence-electron chi connectivity index (χ3n) is 2.75. The minimum Gasteiger partial charge on any atom is -0.406 e. The molecule has 110 valence electrons. The summed E-state index contributed by atoms with van der Waals surface area (Å²) in [7, 11) is 0. The van der Waals surface area contributed by atoms with Crippen LogP contribution in [0.3, 0.4) is 0 Å². The van der Waals surface area contributed by atoms with Crippen molar-refractivity contribution < 1.29 is 27.1 Å². The molecule has 6 heteroatoms. The number of ether oxygens (including phenoxy) is 1. The molecule has 0 radical (unpaired) electrons. The van der Waals surface area contributed by atoms with Gasteiger partial charge in [-0.3, -0.25) is 4.79 Å². The van der Waals surface area contributed by atoms with Crippen molar-refractivity contribution in [3.05, 3.63) is 53.8 Å². The van der Waals surface area contributed by atoms with Gasteiger partial charge in [0.15, 0.2) is 5.78 Å². The van der Waals surface area contributed by atoms with Crippen LogP contribution in [0.5, 0.6) is 5.75 Å². The van der Waals surface area contributed by atoms with Crippen LogP contribution in [0.2, 0.25) is 0 Å². The molecule has 2 aromatic rings. The van der Waals surface area contributed by atoms with Crippen LogP contribution in [-0.2, 0) is 0 Å². The third-order valence-corrected chi connectivity index (χ3v) is 2.75. The van der Waals surface area contributed by atoms with Gasteiger partial charge in [-0.1, -0.05) is 12.1 Å². The number of hydrogen-bond acceptors (Lipinski definition) is 2. The smallest absolute Gasteiger partial charge is 0.406 e. The molecule has 0 N–H and O–H groups in total. The van der Waals surface area contributed by atoms with Gasteiger partial charge >= 0.3 is 6.36 Å². The molecule has 0 aromatic heterocycles. The Labute approximate surface area is 118 Å². The maximum atomic E-state index is 13.8. The van der Waals surface area contributed by atoms with E-state index in [1.54, 1.807) is 0 Å². The Kier molecular flexibility index (Phi) is 3.97. The first-order chi connectivity index (χ1) is 9.76. The first kappa shape index (κ1) is 15.0. The molecular weight excluding hydrogens is 288 g/mol. The van der Waals surface area contributed by atoms with E-state index in [0.717, 1.165) is 18.2 Å². The lowest BCUT2D eigenvalue weighted by Crippen LogP contribution is -2.17. The third kappa shape index (κ3) is 3.81. The number of carbonyl (C=O) groups is 1. The maximum Gasteiger partial charge on any atom is 0.573 e. The van der Waals surface area contributed by atoms with E-state index in [0.29, 0.717) is 0 Å². The first-order valence-electron chi connectivity index (χ1n) is 5.93. The highest BCUT2D eigenvalue weighted by atomic mass is 19.4. The van der Waals surface area contributed by atoms with Crippen molar-refractivity contribution in [2.24, 2.45) is 0 Å². The van der Waals surface area contributed by atoms with Crippen LogP contribution in [0, 0.1) is 5.82 Å². The van der Waals surface area contributed by atoms with Gasteiger partial charge in [0.2, 0.25) is 0 Å². The van der Waals surface area contributed by atoms with E-state index in [2.05, 4.69) is 4.74 Å². The summed E-state index contributed by atoms with van der Waals surface area (Å²) >= 11 is 0. The fourth-order valence-corrected chi connectivity index (χ4v) is 1.83. The van der Waals surface area contributed by atoms with E-state index in [1.807, 2.05) is 0 Å². The zero-order valence-electron chi connectivity index (χ0n) is 10.9. The molecule has 2 aromatic carbocycles. The second-order valence-corrected chi connectivity index (χ2v) is 4.33. The Morgan fingerprint density at radius 3 is 2.43 bits per heavy atom. The van der Waals surface area contributed by atoms with Crippen LogP contribution in [0.15, 0.2) is 42.5 Å². The molecule has 0 aliphatic carbocycles. The van der Waals surface area contributed by atoms with Gasteiger partial charge in [-0.15, -0.1) is 13.2 Å². The van der Waals surface area contributed by atoms with Gasteiger partial charge in [0.25, 0.3) is 0 Å². The highest BCUT2D eigenvalue weighted by molar-refractivity contribution is 5.95. The number of carbonyl (C=O) groups excluding carboxylic acids is 1. The molecule has 0 amide bonds. The Morgan fingerprint density at radius 1 is 1.10 bits per heavy atom. The van der Waals surface area contributed by atoms with E-state index < -0.39 is 17.9 Å². The Balaban J connectivity index is 2.45. The number of ketones is 1. The lowest BCUT2D eigenvalue weighted by atomic mass is 10.0. The van der Waals surface area contributed by atoms with Crippen molar-refractivity contribution in [1.29, 1.82) is 0 Å². The molecule has 0 heterocycles. The summed E-state index contributed by atoms with van der Waals surface area (Å²) in [6.45, 7) is 1.32. The summed E-state index contributed by atoms with van der Waals surface area (Å²) in [4.78, 5) is 11.3. The molecule has 0 fully saturated rings. The van der Waals surface area contributed by atoms with Gasteiger partial charge in [-0.05, 0) is 42.8 Å². The molecule has 0 saturated carbocycles. The summed E-state index contributed by atoms with van der Waals surface area (Å²) in [5, 5.41) is 0. The standard InChI is InChI=1S/C15H10F4O2/c1-9(20)10-5-6-14(16)13(8-10)11-3-2-4-12(7-11)21-15(17,18)19/h2-8H,1H3. The normalized spacial score (nSPS) is 11.3. The molecule has 0 bridgehead atoms. The van der Waals surface area contributed by atoms with E-state index in [4.69, 9.17) is 0 Å². The minimum absolute atomic E-state index is 0.0373. The predicted molar refractivity (Wildman–Crippen MR) is 68.5 cm³/mol. The SMILES string of the molecule is CC(=O)c1ccc(F)c(-c2cccc(OC(F)(F)F)c2)c1. The number of alkyl halides is 3.